The van der Waals surface area contributed by atoms with Crippen LogP contribution in [0.5, 0.6) is 0 Å². The van der Waals surface area contributed by atoms with Crippen LogP contribution in [0.4, 0.5) is 4.39 Å². The monoisotopic (exact) mass is 380 g/mol. The van der Waals surface area contributed by atoms with E-state index in [4.69, 9.17) is 6.42 Å². The standard InChI is InChI=1S/C19H15FN4O2.C2H6/c1-3-15-9-22-17(10-21-15)11(2)23-18(25)8-13-6-12-7-14(20)4-5-16(12)24-19(13)26;1-2/h1,4-7,9-11H,8H2,2H3,(H,23,25)(H,24,26);1-2H3. The number of amides is 1. The minimum Gasteiger partial charge on any atom is -0.348 e. The number of fused-ring (bicyclic) bond motifs is 1. The summed E-state index contributed by atoms with van der Waals surface area (Å²) in [5.74, 6) is 1.59. The van der Waals surface area contributed by atoms with E-state index in [0.29, 0.717) is 22.3 Å². The second-order valence-electron chi connectivity index (χ2n) is 5.79. The molecule has 2 N–H and O–H groups in total. The van der Waals surface area contributed by atoms with Gasteiger partial charge in [0.1, 0.15) is 11.5 Å². The van der Waals surface area contributed by atoms with Gasteiger partial charge in [-0.15, -0.1) is 6.42 Å². The predicted octanol–water partition coefficient (Wildman–Crippen LogP) is 2.88. The van der Waals surface area contributed by atoms with Crippen LogP contribution in [-0.2, 0) is 11.2 Å². The van der Waals surface area contributed by atoms with Crippen LogP contribution >= 0.6 is 0 Å². The molecule has 2 heterocycles. The summed E-state index contributed by atoms with van der Waals surface area (Å²) in [4.78, 5) is 35.2. The van der Waals surface area contributed by atoms with Gasteiger partial charge in [0.2, 0.25) is 5.91 Å². The summed E-state index contributed by atoms with van der Waals surface area (Å²) in [6, 6.07) is 5.16. The van der Waals surface area contributed by atoms with Gasteiger partial charge < -0.3 is 10.3 Å². The van der Waals surface area contributed by atoms with Gasteiger partial charge in [0.15, 0.2) is 0 Å². The van der Waals surface area contributed by atoms with Crippen LogP contribution in [0.15, 0.2) is 41.5 Å². The Balaban J connectivity index is 0.00000136. The highest BCUT2D eigenvalue weighted by molar-refractivity contribution is 5.82. The van der Waals surface area contributed by atoms with E-state index in [2.05, 4.69) is 26.2 Å². The molecule has 3 aromatic rings. The van der Waals surface area contributed by atoms with Crippen molar-refractivity contribution in [3.63, 3.8) is 0 Å². The average Bonchev–Trinajstić information content (AvgIpc) is 2.70. The molecule has 0 saturated carbocycles. The minimum atomic E-state index is -0.414. The van der Waals surface area contributed by atoms with Crippen LogP contribution in [-0.4, -0.2) is 20.9 Å². The summed E-state index contributed by atoms with van der Waals surface area (Å²) in [5, 5.41) is 3.27. The molecule has 1 atom stereocenters. The molecule has 0 saturated heterocycles. The van der Waals surface area contributed by atoms with Crippen LogP contribution in [0.25, 0.3) is 10.9 Å². The number of carbonyl (C=O) groups is 1. The quantitative estimate of drug-likeness (QED) is 0.682. The van der Waals surface area contributed by atoms with Crippen molar-refractivity contribution in [2.45, 2.75) is 33.2 Å². The largest absolute Gasteiger partial charge is 0.348 e. The van der Waals surface area contributed by atoms with Crippen molar-refractivity contribution in [1.29, 1.82) is 0 Å². The molecule has 0 radical (unpaired) electrons. The number of terminal acetylenes is 1. The lowest BCUT2D eigenvalue weighted by Crippen LogP contribution is -2.30. The van der Waals surface area contributed by atoms with Crippen LogP contribution < -0.4 is 10.9 Å². The summed E-state index contributed by atoms with van der Waals surface area (Å²) in [6.45, 7) is 5.75. The number of nitrogens with zero attached hydrogens (tertiary/aromatic N) is 2. The first-order valence-electron chi connectivity index (χ1n) is 8.85. The number of halogens is 1. The van der Waals surface area contributed by atoms with E-state index >= 15 is 0 Å². The number of H-pyrrole nitrogens is 1. The molecular weight excluding hydrogens is 359 g/mol. The van der Waals surface area contributed by atoms with E-state index in [1.807, 2.05) is 13.8 Å². The normalized spacial score (nSPS) is 11.1. The predicted molar refractivity (Wildman–Crippen MR) is 106 cm³/mol. The maximum atomic E-state index is 13.3. The number of carbonyl (C=O) groups excluding carboxylic acids is 1. The van der Waals surface area contributed by atoms with E-state index in [0.717, 1.165) is 0 Å². The number of rotatable bonds is 4. The minimum absolute atomic E-state index is 0.137. The van der Waals surface area contributed by atoms with Crippen molar-refractivity contribution < 1.29 is 9.18 Å². The van der Waals surface area contributed by atoms with Gasteiger partial charge in [-0.2, -0.15) is 0 Å². The molecule has 0 aliphatic carbocycles. The summed E-state index contributed by atoms with van der Waals surface area (Å²) in [5.41, 5.74) is 1.33. The first-order valence-corrected chi connectivity index (χ1v) is 8.85. The van der Waals surface area contributed by atoms with Crippen LogP contribution in [0, 0.1) is 18.2 Å². The summed E-state index contributed by atoms with van der Waals surface area (Å²) >= 11 is 0. The molecule has 0 aliphatic heterocycles. The number of hydrogen-bond donors (Lipinski definition) is 2. The van der Waals surface area contributed by atoms with Gasteiger partial charge >= 0.3 is 0 Å². The van der Waals surface area contributed by atoms with Gasteiger partial charge in [-0.3, -0.25) is 14.6 Å². The average molecular weight is 380 g/mol. The third-order valence-electron chi connectivity index (χ3n) is 3.88. The Bertz CT molecular complexity index is 1070. The highest BCUT2D eigenvalue weighted by atomic mass is 19.1. The fourth-order valence-corrected chi connectivity index (χ4v) is 2.53. The third-order valence-corrected chi connectivity index (χ3v) is 3.88. The maximum Gasteiger partial charge on any atom is 0.252 e. The molecular formula is C21H21FN4O2. The number of aromatic nitrogens is 3. The molecule has 1 amide bonds. The Hall–Kier alpha value is -3.53. The highest BCUT2D eigenvalue weighted by Gasteiger charge is 2.14. The van der Waals surface area contributed by atoms with E-state index in [-0.39, 0.29) is 23.5 Å². The van der Waals surface area contributed by atoms with Crippen molar-refractivity contribution >= 4 is 16.8 Å². The number of pyridine rings is 1. The summed E-state index contributed by atoms with van der Waals surface area (Å²) < 4.78 is 13.3. The van der Waals surface area contributed by atoms with Gasteiger partial charge in [0, 0.05) is 16.5 Å². The molecule has 0 spiro atoms. The first-order chi connectivity index (χ1) is 13.5. The van der Waals surface area contributed by atoms with Crippen LogP contribution in [0.1, 0.15) is 43.8 Å². The van der Waals surface area contributed by atoms with Gasteiger partial charge in [0.05, 0.1) is 30.6 Å². The molecule has 28 heavy (non-hydrogen) atoms. The lowest BCUT2D eigenvalue weighted by molar-refractivity contribution is -0.121. The zero-order valence-electron chi connectivity index (χ0n) is 15.9. The second-order valence-corrected chi connectivity index (χ2v) is 5.79. The van der Waals surface area contributed by atoms with E-state index in [1.165, 1.54) is 36.7 Å². The molecule has 1 unspecified atom stereocenters. The van der Waals surface area contributed by atoms with E-state index in [9.17, 15) is 14.0 Å². The Labute approximate surface area is 162 Å². The van der Waals surface area contributed by atoms with E-state index < -0.39 is 11.9 Å². The Morgan fingerprint density at radius 2 is 2.04 bits per heavy atom. The van der Waals surface area contributed by atoms with Crippen molar-refractivity contribution in [2.75, 3.05) is 0 Å². The fourth-order valence-electron chi connectivity index (χ4n) is 2.53. The van der Waals surface area contributed by atoms with Gasteiger partial charge in [-0.25, -0.2) is 9.37 Å². The Morgan fingerprint density at radius 3 is 2.68 bits per heavy atom. The summed E-state index contributed by atoms with van der Waals surface area (Å²) in [7, 11) is 0. The zero-order valence-corrected chi connectivity index (χ0v) is 15.9. The third kappa shape index (κ3) is 5.01. The van der Waals surface area contributed by atoms with Gasteiger partial charge in [0.25, 0.3) is 5.56 Å². The number of nitrogens with one attached hydrogen (secondary N) is 2. The van der Waals surface area contributed by atoms with Crippen molar-refractivity contribution in [1.82, 2.24) is 20.3 Å². The fraction of sp³-hybridized carbons (Fsp3) is 0.238. The summed E-state index contributed by atoms with van der Waals surface area (Å²) in [6.07, 6.45) is 8.03. The van der Waals surface area contributed by atoms with Crippen molar-refractivity contribution in [3.8, 4) is 12.3 Å². The topological polar surface area (TPSA) is 87.7 Å². The molecule has 7 heteroatoms. The van der Waals surface area contributed by atoms with Crippen molar-refractivity contribution in [3.05, 3.63) is 69.8 Å². The smallest absolute Gasteiger partial charge is 0.252 e. The van der Waals surface area contributed by atoms with Crippen molar-refractivity contribution in [2.24, 2.45) is 0 Å². The first kappa shape index (κ1) is 20.8. The number of hydrogen-bond acceptors (Lipinski definition) is 4. The van der Waals surface area contributed by atoms with Crippen LogP contribution in [0.3, 0.4) is 0 Å². The Morgan fingerprint density at radius 1 is 1.29 bits per heavy atom. The SMILES string of the molecule is C#Cc1cnc(C(C)NC(=O)Cc2cc3cc(F)ccc3[nH]c2=O)cn1.CC. The highest BCUT2D eigenvalue weighted by Crippen LogP contribution is 2.13. The lowest BCUT2D eigenvalue weighted by Gasteiger charge is -2.13. The molecule has 0 fully saturated rings. The Kier molecular flexibility index (Phi) is 6.99. The van der Waals surface area contributed by atoms with Gasteiger partial charge in [-0.1, -0.05) is 13.8 Å². The molecule has 0 aliphatic rings. The van der Waals surface area contributed by atoms with Crippen LogP contribution in [0.2, 0.25) is 0 Å². The molecule has 144 valence electrons. The molecule has 6 nitrogen and oxygen atoms in total. The lowest BCUT2D eigenvalue weighted by atomic mass is 10.1. The number of aromatic amines is 1. The molecule has 3 rings (SSSR count). The number of benzene rings is 1. The maximum absolute atomic E-state index is 13.3. The zero-order chi connectivity index (χ0) is 20.7. The van der Waals surface area contributed by atoms with E-state index in [1.54, 1.807) is 6.92 Å². The molecule has 2 aromatic heterocycles. The van der Waals surface area contributed by atoms with Gasteiger partial charge in [-0.05, 0) is 37.1 Å². The molecule has 0 bridgehead atoms. The molecule has 1 aromatic carbocycles. The second kappa shape index (κ2) is 9.42.